The molecule has 0 atom stereocenters. The standard InChI is InChI=1S/C31H41OP.ClH/c1-2-3-4-5-6-7-8-9-10-19-26-33(29-21-13-11-14-22-29,30-23-15-12-16-24-30)27-28-20-17-18-25-31(28)32;/h11-18,20-25H,2-10,19,26-27H2,1H3;1H. The summed E-state index contributed by atoms with van der Waals surface area (Å²) >= 11 is 0. The van der Waals surface area contributed by atoms with Gasteiger partial charge in [-0.1, -0.05) is 113 Å². The zero-order chi connectivity index (χ0) is 23.2. The van der Waals surface area contributed by atoms with Gasteiger partial charge in [0.05, 0.1) is 30.2 Å². The second-order valence-corrected chi connectivity index (χ2v) is 13.1. The number of phenols is 1. The molecule has 1 N–H and O–H groups in total. The molecule has 0 aliphatic heterocycles. The summed E-state index contributed by atoms with van der Waals surface area (Å²) in [6.07, 6.45) is 15.7. The van der Waals surface area contributed by atoms with Crippen LogP contribution in [0.3, 0.4) is 0 Å². The number of phenolic OH excluding ortho intramolecular Hbond substituents is 1. The van der Waals surface area contributed by atoms with Crippen molar-refractivity contribution in [3.05, 3.63) is 90.5 Å². The van der Waals surface area contributed by atoms with Gasteiger partial charge in [0.2, 0.25) is 0 Å². The molecular formula is C31H42ClOP. The number of hydrogen-bond acceptors (Lipinski definition) is 1. The molecule has 184 valence electrons. The first kappa shape index (κ1) is 28.4. The number of hydrogen-bond donors (Lipinski definition) is 1. The lowest BCUT2D eigenvalue weighted by Crippen LogP contribution is -3.00. The fourth-order valence-electron chi connectivity index (χ4n) is 4.90. The third-order valence-electron chi connectivity index (χ3n) is 6.83. The van der Waals surface area contributed by atoms with Gasteiger partial charge in [0.15, 0.2) is 0 Å². The molecule has 0 aromatic heterocycles. The summed E-state index contributed by atoms with van der Waals surface area (Å²) in [7, 11) is -1.68. The molecular weight excluding hydrogens is 455 g/mol. The molecule has 0 saturated heterocycles. The van der Waals surface area contributed by atoms with Gasteiger partial charge >= 0.3 is 0 Å². The Bertz CT molecular complexity index is 873. The maximum atomic E-state index is 10.6. The monoisotopic (exact) mass is 496 g/mol. The van der Waals surface area contributed by atoms with E-state index in [0.717, 1.165) is 11.7 Å². The molecule has 0 fully saturated rings. The van der Waals surface area contributed by atoms with Crippen molar-refractivity contribution in [1.82, 2.24) is 0 Å². The summed E-state index contributed by atoms with van der Waals surface area (Å²) in [6.45, 7) is 2.28. The van der Waals surface area contributed by atoms with Crippen LogP contribution in [-0.4, -0.2) is 11.3 Å². The Kier molecular flexibility index (Phi) is 13.3. The minimum Gasteiger partial charge on any atom is -1.00 e. The van der Waals surface area contributed by atoms with Crippen LogP contribution in [0, 0.1) is 0 Å². The van der Waals surface area contributed by atoms with Gasteiger partial charge in [0.1, 0.15) is 5.75 Å². The molecule has 0 aliphatic rings. The molecule has 3 rings (SSSR count). The zero-order valence-corrected chi connectivity index (χ0v) is 22.5. The molecule has 0 bridgehead atoms. The number of rotatable bonds is 15. The maximum Gasteiger partial charge on any atom is 0.122 e. The molecule has 0 unspecified atom stereocenters. The summed E-state index contributed by atoms with van der Waals surface area (Å²) < 4.78 is 0. The number of aromatic hydroxyl groups is 1. The van der Waals surface area contributed by atoms with E-state index in [9.17, 15) is 5.11 Å². The molecule has 3 heteroatoms. The average molecular weight is 497 g/mol. The summed E-state index contributed by atoms with van der Waals surface area (Å²) in [5.41, 5.74) is 1.07. The molecule has 3 aromatic rings. The lowest BCUT2D eigenvalue weighted by molar-refractivity contribution is -0.00000778. The molecule has 0 saturated carbocycles. The smallest absolute Gasteiger partial charge is 0.122 e. The Morgan fingerprint density at radius 1 is 0.559 bits per heavy atom. The van der Waals surface area contributed by atoms with Crippen LogP contribution in [0.4, 0.5) is 0 Å². The first-order valence-corrected chi connectivity index (χ1v) is 15.2. The van der Waals surface area contributed by atoms with Crippen LogP contribution < -0.4 is 23.0 Å². The van der Waals surface area contributed by atoms with Crippen molar-refractivity contribution in [3.8, 4) is 5.75 Å². The van der Waals surface area contributed by atoms with Crippen LogP contribution in [0.2, 0.25) is 0 Å². The predicted octanol–water partition coefficient (Wildman–Crippen LogP) is 5.49. The highest BCUT2D eigenvalue weighted by Gasteiger charge is 2.42. The Morgan fingerprint density at radius 3 is 1.50 bits per heavy atom. The van der Waals surface area contributed by atoms with Gasteiger partial charge in [-0.15, -0.1) is 0 Å². The van der Waals surface area contributed by atoms with Crippen LogP contribution in [0.15, 0.2) is 84.9 Å². The number of para-hydroxylation sites is 1. The second-order valence-electron chi connectivity index (χ2n) is 9.33. The number of benzene rings is 3. The Hall–Kier alpha value is -1.82. The van der Waals surface area contributed by atoms with Crippen LogP contribution in [0.25, 0.3) is 0 Å². The summed E-state index contributed by atoms with van der Waals surface area (Å²) in [5.74, 6) is 0.428. The van der Waals surface area contributed by atoms with E-state index in [1.165, 1.54) is 81.0 Å². The Morgan fingerprint density at radius 2 is 1.00 bits per heavy atom. The van der Waals surface area contributed by atoms with E-state index in [-0.39, 0.29) is 12.4 Å². The number of unbranched alkanes of at least 4 members (excludes halogenated alkanes) is 9. The molecule has 0 spiro atoms. The first-order valence-electron chi connectivity index (χ1n) is 13.0. The van der Waals surface area contributed by atoms with E-state index in [0.29, 0.717) is 5.75 Å². The highest BCUT2D eigenvalue weighted by atomic mass is 35.5. The van der Waals surface area contributed by atoms with E-state index in [2.05, 4.69) is 79.7 Å². The topological polar surface area (TPSA) is 20.2 Å². The minimum atomic E-state index is -1.68. The quantitative estimate of drug-likeness (QED) is 0.218. The van der Waals surface area contributed by atoms with Crippen molar-refractivity contribution >= 4 is 17.9 Å². The van der Waals surface area contributed by atoms with Crippen LogP contribution >= 0.6 is 7.26 Å². The van der Waals surface area contributed by atoms with Crippen LogP contribution in [0.1, 0.15) is 76.7 Å². The zero-order valence-electron chi connectivity index (χ0n) is 20.8. The third kappa shape index (κ3) is 8.44. The van der Waals surface area contributed by atoms with Gasteiger partial charge in [-0.25, -0.2) is 0 Å². The number of halogens is 1. The minimum absolute atomic E-state index is 0. The van der Waals surface area contributed by atoms with Crippen molar-refractivity contribution < 1.29 is 17.5 Å². The van der Waals surface area contributed by atoms with Crippen LogP contribution in [-0.2, 0) is 6.16 Å². The molecule has 1 nitrogen and oxygen atoms in total. The fraction of sp³-hybridized carbons (Fsp3) is 0.419. The largest absolute Gasteiger partial charge is 1.00 e. The maximum absolute atomic E-state index is 10.6. The molecule has 3 aromatic carbocycles. The van der Waals surface area contributed by atoms with E-state index >= 15 is 0 Å². The Balaban J connectivity index is 0.00000408. The molecule has 0 amide bonds. The second kappa shape index (κ2) is 16.0. The first-order chi connectivity index (χ1) is 16.3. The van der Waals surface area contributed by atoms with Crippen LogP contribution in [0.5, 0.6) is 5.75 Å². The van der Waals surface area contributed by atoms with Gasteiger partial charge < -0.3 is 17.5 Å². The summed E-state index contributed by atoms with van der Waals surface area (Å²) in [4.78, 5) is 0. The predicted molar refractivity (Wildman–Crippen MR) is 148 cm³/mol. The molecule has 0 aliphatic carbocycles. The van der Waals surface area contributed by atoms with Gasteiger partial charge in [-0.05, 0) is 43.2 Å². The summed E-state index contributed by atoms with van der Waals surface area (Å²) in [5, 5.41) is 13.5. The summed E-state index contributed by atoms with van der Waals surface area (Å²) in [6, 6.07) is 30.1. The lowest BCUT2D eigenvalue weighted by atomic mass is 10.1. The fourth-order valence-corrected chi connectivity index (χ4v) is 9.34. The highest BCUT2D eigenvalue weighted by Crippen LogP contribution is 2.60. The third-order valence-corrected chi connectivity index (χ3v) is 11.4. The van der Waals surface area contributed by atoms with Gasteiger partial charge in [0, 0.05) is 5.56 Å². The van der Waals surface area contributed by atoms with E-state index in [1.807, 2.05) is 12.1 Å². The van der Waals surface area contributed by atoms with Crippen molar-refractivity contribution in [2.75, 3.05) is 6.16 Å². The normalized spacial score (nSPS) is 11.2. The Labute approximate surface area is 214 Å². The van der Waals surface area contributed by atoms with Crippen molar-refractivity contribution in [3.63, 3.8) is 0 Å². The molecule has 34 heavy (non-hydrogen) atoms. The highest BCUT2D eigenvalue weighted by molar-refractivity contribution is 7.88. The van der Waals surface area contributed by atoms with Crippen molar-refractivity contribution in [2.24, 2.45) is 0 Å². The molecule has 0 heterocycles. The van der Waals surface area contributed by atoms with E-state index < -0.39 is 7.26 Å². The lowest BCUT2D eigenvalue weighted by Gasteiger charge is -2.28. The SMILES string of the molecule is CCCCCCCCCCCC[P+](Cc1ccccc1O)(c1ccccc1)c1ccccc1.[Cl-]. The van der Waals surface area contributed by atoms with Crippen molar-refractivity contribution in [2.45, 2.75) is 77.3 Å². The van der Waals surface area contributed by atoms with E-state index in [4.69, 9.17) is 0 Å². The van der Waals surface area contributed by atoms with Gasteiger partial charge in [-0.3, -0.25) is 0 Å². The molecule has 0 radical (unpaired) electrons. The van der Waals surface area contributed by atoms with E-state index in [1.54, 1.807) is 0 Å². The van der Waals surface area contributed by atoms with Gasteiger partial charge in [0.25, 0.3) is 0 Å². The van der Waals surface area contributed by atoms with Gasteiger partial charge in [-0.2, -0.15) is 0 Å². The average Bonchev–Trinajstić information content (AvgIpc) is 2.87. The van der Waals surface area contributed by atoms with Crippen molar-refractivity contribution in [1.29, 1.82) is 0 Å².